The van der Waals surface area contributed by atoms with Gasteiger partial charge in [-0.2, -0.15) is 0 Å². The van der Waals surface area contributed by atoms with E-state index in [-0.39, 0.29) is 5.97 Å². The van der Waals surface area contributed by atoms with Gasteiger partial charge < -0.3 is 4.74 Å². The fourth-order valence-electron chi connectivity index (χ4n) is 1.89. The first-order chi connectivity index (χ1) is 7.81. The van der Waals surface area contributed by atoms with E-state index in [9.17, 15) is 4.79 Å². The Morgan fingerprint density at radius 3 is 2.44 bits per heavy atom. The molecule has 0 amide bonds. The summed E-state index contributed by atoms with van der Waals surface area (Å²) in [5.41, 5.74) is 0.661. The first-order valence-electron chi connectivity index (χ1n) is 5.76. The van der Waals surface area contributed by atoms with Crippen LogP contribution in [0.15, 0.2) is 29.2 Å². The highest BCUT2D eigenvalue weighted by molar-refractivity contribution is 7.97. The lowest BCUT2D eigenvalue weighted by atomic mass is 10.2. The minimum absolute atomic E-state index is 0.219. The first kappa shape index (κ1) is 11.5. The summed E-state index contributed by atoms with van der Waals surface area (Å²) < 4.78 is 4.96. The molecule has 1 fully saturated rings. The van der Waals surface area contributed by atoms with Gasteiger partial charge >= 0.3 is 5.97 Å². The number of carbonyl (C=O) groups excluding carboxylic acids is 1. The van der Waals surface area contributed by atoms with E-state index in [0.717, 1.165) is 0 Å². The predicted octanol–water partition coefficient (Wildman–Crippen LogP) is 2.63. The van der Waals surface area contributed by atoms with E-state index in [2.05, 4.69) is 12.1 Å². The van der Waals surface area contributed by atoms with Crippen LogP contribution in [0.1, 0.15) is 30.1 Å². The maximum atomic E-state index is 11.5. The molecule has 0 N–H and O–H groups in total. The van der Waals surface area contributed by atoms with Gasteiger partial charge in [-0.1, -0.05) is 0 Å². The molecule has 0 radical (unpaired) electrons. The molecule has 86 valence electrons. The number of hydrogen-bond acceptors (Lipinski definition) is 2. The third-order valence-corrected chi connectivity index (χ3v) is 5.23. The molecule has 2 nitrogen and oxygen atoms in total. The van der Waals surface area contributed by atoms with Crippen molar-refractivity contribution in [1.29, 1.82) is 0 Å². The maximum absolute atomic E-state index is 11.5. The maximum Gasteiger partial charge on any atom is 0.338 e. The number of esters is 1. The molecule has 0 spiro atoms. The van der Waals surface area contributed by atoms with Gasteiger partial charge in [-0.3, -0.25) is 0 Å². The highest BCUT2D eigenvalue weighted by atomic mass is 32.2. The minimum atomic E-state index is -0.219. The van der Waals surface area contributed by atoms with Gasteiger partial charge in [0.1, 0.15) is 11.5 Å². The van der Waals surface area contributed by atoms with Crippen LogP contribution in [-0.4, -0.2) is 24.1 Å². The zero-order valence-corrected chi connectivity index (χ0v) is 10.4. The molecule has 1 saturated heterocycles. The summed E-state index contributed by atoms with van der Waals surface area (Å²) in [6, 6.07) is 7.94. The van der Waals surface area contributed by atoms with Crippen LogP contribution in [0.3, 0.4) is 0 Å². The minimum Gasteiger partial charge on any atom is -0.462 e. The lowest BCUT2D eigenvalue weighted by Gasteiger charge is -2.03. The van der Waals surface area contributed by atoms with E-state index in [1.807, 2.05) is 19.1 Å². The molecule has 16 heavy (non-hydrogen) atoms. The Hall–Kier alpha value is -0.960. The fourth-order valence-corrected chi connectivity index (χ4v) is 4.19. The van der Waals surface area contributed by atoms with Crippen molar-refractivity contribution in [3.63, 3.8) is 0 Å². The summed E-state index contributed by atoms with van der Waals surface area (Å²) >= 11 is 0. The van der Waals surface area contributed by atoms with Crippen LogP contribution in [0.5, 0.6) is 0 Å². The number of benzene rings is 1. The van der Waals surface area contributed by atoms with E-state index in [4.69, 9.17) is 4.74 Å². The highest BCUT2D eigenvalue weighted by Gasteiger charge is 2.26. The molecule has 1 heterocycles. The quantitative estimate of drug-likeness (QED) is 0.596. The topological polar surface area (TPSA) is 26.3 Å². The third kappa shape index (κ3) is 2.59. The molecule has 1 aromatic rings. The zero-order chi connectivity index (χ0) is 11.4. The van der Waals surface area contributed by atoms with E-state index >= 15 is 0 Å². The first-order valence-corrected chi connectivity index (χ1v) is 7.32. The van der Waals surface area contributed by atoms with Crippen molar-refractivity contribution >= 4 is 16.9 Å². The third-order valence-electron chi connectivity index (χ3n) is 2.73. The van der Waals surface area contributed by atoms with Crippen molar-refractivity contribution in [2.24, 2.45) is 0 Å². The smallest absolute Gasteiger partial charge is 0.338 e. The van der Waals surface area contributed by atoms with Crippen molar-refractivity contribution < 1.29 is 9.53 Å². The van der Waals surface area contributed by atoms with Crippen molar-refractivity contribution in [2.75, 3.05) is 18.1 Å². The molecule has 2 rings (SSSR count). The Labute approximate surface area is 99.3 Å². The largest absolute Gasteiger partial charge is 0.462 e. The summed E-state index contributed by atoms with van der Waals surface area (Å²) in [5, 5.41) is 0. The van der Waals surface area contributed by atoms with Gasteiger partial charge in [0.25, 0.3) is 0 Å². The predicted molar refractivity (Wildman–Crippen MR) is 67.0 cm³/mol. The molecular weight excluding hydrogens is 220 g/mol. The van der Waals surface area contributed by atoms with Gasteiger partial charge in [0.15, 0.2) is 4.90 Å². The molecule has 3 heteroatoms. The van der Waals surface area contributed by atoms with Crippen LogP contribution in [0, 0.1) is 0 Å². The second-order valence-electron chi connectivity index (χ2n) is 3.85. The van der Waals surface area contributed by atoms with Crippen molar-refractivity contribution in [3.8, 4) is 0 Å². The molecule has 0 saturated carbocycles. The summed E-state index contributed by atoms with van der Waals surface area (Å²) in [6.45, 7) is 2.26. The molecule has 0 unspecified atom stereocenters. The van der Waals surface area contributed by atoms with Gasteiger partial charge in [-0.15, -0.1) is 0 Å². The van der Waals surface area contributed by atoms with Crippen molar-refractivity contribution in [2.45, 2.75) is 24.7 Å². The van der Waals surface area contributed by atoms with Crippen LogP contribution in [-0.2, 0) is 15.6 Å². The average Bonchev–Trinajstić information content (AvgIpc) is 2.83. The van der Waals surface area contributed by atoms with Crippen molar-refractivity contribution in [3.05, 3.63) is 29.8 Å². The summed E-state index contributed by atoms with van der Waals surface area (Å²) in [6.07, 6.45) is 2.70. The molecule has 0 atom stereocenters. The Morgan fingerprint density at radius 1 is 1.25 bits per heavy atom. The number of rotatable bonds is 3. The standard InChI is InChI=1S/C13H17O2S/c1-2-15-13(14)11-5-7-12(8-6-11)16-9-3-4-10-16/h5-8H,2-4,9-10H2,1H3/q+1. The van der Waals surface area contributed by atoms with Crippen LogP contribution in [0.25, 0.3) is 0 Å². The molecule has 1 aliphatic heterocycles. The van der Waals surface area contributed by atoms with E-state index in [0.29, 0.717) is 23.1 Å². The number of ether oxygens (including phenoxy) is 1. The van der Waals surface area contributed by atoms with E-state index < -0.39 is 0 Å². The van der Waals surface area contributed by atoms with Gasteiger partial charge in [-0.05, 0) is 44.0 Å². The monoisotopic (exact) mass is 237 g/mol. The Balaban J connectivity index is 2.06. The van der Waals surface area contributed by atoms with Crippen molar-refractivity contribution in [1.82, 2.24) is 0 Å². The van der Waals surface area contributed by atoms with E-state index in [1.54, 1.807) is 0 Å². The van der Waals surface area contributed by atoms with Gasteiger partial charge in [-0.25, -0.2) is 4.79 Å². The second-order valence-corrected chi connectivity index (χ2v) is 6.13. The molecular formula is C13H17O2S+. The van der Waals surface area contributed by atoms with Crippen LogP contribution in [0.2, 0.25) is 0 Å². The van der Waals surface area contributed by atoms with Crippen LogP contribution in [0.4, 0.5) is 0 Å². The van der Waals surface area contributed by atoms with Gasteiger partial charge in [0.05, 0.1) is 12.2 Å². The molecule has 0 aliphatic carbocycles. The number of hydrogen-bond donors (Lipinski definition) is 0. The lowest BCUT2D eigenvalue weighted by molar-refractivity contribution is 0.0526. The van der Waals surface area contributed by atoms with Gasteiger partial charge in [0, 0.05) is 10.9 Å². The summed E-state index contributed by atoms with van der Waals surface area (Å²) in [5.74, 6) is 2.42. The molecule has 0 bridgehead atoms. The Morgan fingerprint density at radius 2 is 1.88 bits per heavy atom. The normalized spacial score (nSPS) is 16.3. The molecule has 1 aromatic carbocycles. The lowest BCUT2D eigenvalue weighted by Crippen LogP contribution is -2.07. The summed E-state index contributed by atoms with van der Waals surface area (Å²) in [4.78, 5) is 12.9. The highest BCUT2D eigenvalue weighted by Crippen LogP contribution is 2.23. The Kier molecular flexibility index (Phi) is 3.88. The average molecular weight is 237 g/mol. The van der Waals surface area contributed by atoms with E-state index in [1.165, 1.54) is 29.2 Å². The number of carbonyl (C=O) groups is 1. The fraction of sp³-hybridized carbons (Fsp3) is 0.462. The molecule has 0 aromatic heterocycles. The zero-order valence-electron chi connectivity index (χ0n) is 9.57. The summed E-state index contributed by atoms with van der Waals surface area (Å²) in [7, 11) is 0.432. The molecule has 1 aliphatic rings. The van der Waals surface area contributed by atoms with Crippen LogP contribution >= 0.6 is 0 Å². The SMILES string of the molecule is CCOC(=O)c1ccc([S+]2CCCC2)cc1. The Bertz CT molecular complexity index is 353. The second kappa shape index (κ2) is 5.39. The van der Waals surface area contributed by atoms with Crippen LogP contribution < -0.4 is 0 Å². The van der Waals surface area contributed by atoms with Gasteiger partial charge in [0.2, 0.25) is 0 Å².